The maximum atomic E-state index is 11.8. The standard InChI is InChI=1S/C23H36O2/c1-3-5-6-18-25-23(24)17-12-20-10-15-22(16-11-20)21-13-8-19(7-4-2)9-14-21/h10-11,15-16,19,21H,3-9,12-14,17-18H2,1-2H3. The highest BCUT2D eigenvalue weighted by Gasteiger charge is 2.21. The molecule has 0 unspecified atom stereocenters. The van der Waals surface area contributed by atoms with E-state index in [4.69, 9.17) is 4.74 Å². The van der Waals surface area contributed by atoms with Crippen molar-refractivity contribution >= 4 is 5.97 Å². The molecule has 0 heterocycles. The Balaban J connectivity index is 1.70. The van der Waals surface area contributed by atoms with Crippen LogP contribution in [0.2, 0.25) is 0 Å². The molecule has 0 atom stereocenters. The van der Waals surface area contributed by atoms with E-state index < -0.39 is 0 Å². The van der Waals surface area contributed by atoms with Gasteiger partial charge in [0.2, 0.25) is 0 Å². The van der Waals surface area contributed by atoms with Gasteiger partial charge in [0, 0.05) is 6.42 Å². The quantitative estimate of drug-likeness (QED) is 0.361. The van der Waals surface area contributed by atoms with Crippen LogP contribution >= 0.6 is 0 Å². The summed E-state index contributed by atoms with van der Waals surface area (Å²) in [6.45, 7) is 5.03. The first kappa shape index (κ1) is 20.0. The molecule has 25 heavy (non-hydrogen) atoms. The lowest BCUT2D eigenvalue weighted by Crippen LogP contribution is -2.13. The molecule has 2 nitrogen and oxygen atoms in total. The van der Waals surface area contributed by atoms with Crippen LogP contribution in [0.25, 0.3) is 0 Å². The normalized spacial score (nSPS) is 20.4. The molecule has 0 aliphatic heterocycles. The number of carbonyl (C=O) groups excluding carboxylic acids is 1. The molecule has 0 radical (unpaired) electrons. The maximum Gasteiger partial charge on any atom is 0.306 e. The molecule has 0 aromatic heterocycles. The molecule has 0 amide bonds. The number of aryl methyl sites for hydroxylation is 1. The molecule has 1 aromatic carbocycles. The first-order chi connectivity index (χ1) is 12.2. The van der Waals surface area contributed by atoms with Gasteiger partial charge >= 0.3 is 5.97 Å². The Hall–Kier alpha value is -1.31. The van der Waals surface area contributed by atoms with E-state index in [-0.39, 0.29) is 5.97 Å². The number of unbranched alkanes of at least 4 members (excludes halogenated alkanes) is 2. The molecule has 2 rings (SSSR count). The molecule has 0 N–H and O–H groups in total. The average molecular weight is 345 g/mol. The highest BCUT2D eigenvalue weighted by atomic mass is 16.5. The van der Waals surface area contributed by atoms with E-state index in [1.807, 2.05) is 0 Å². The monoisotopic (exact) mass is 344 g/mol. The van der Waals surface area contributed by atoms with Crippen LogP contribution in [0.15, 0.2) is 24.3 Å². The lowest BCUT2D eigenvalue weighted by molar-refractivity contribution is -0.143. The highest BCUT2D eigenvalue weighted by molar-refractivity contribution is 5.69. The number of hydrogen-bond acceptors (Lipinski definition) is 2. The fourth-order valence-electron chi connectivity index (χ4n) is 4.01. The van der Waals surface area contributed by atoms with Crippen LogP contribution in [0.1, 0.15) is 95.1 Å². The van der Waals surface area contributed by atoms with Crippen LogP contribution in [-0.4, -0.2) is 12.6 Å². The molecular formula is C23H36O2. The molecule has 0 spiro atoms. The Morgan fingerprint density at radius 3 is 2.36 bits per heavy atom. The zero-order valence-corrected chi connectivity index (χ0v) is 16.3. The smallest absolute Gasteiger partial charge is 0.306 e. The lowest BCUT2D eigenvalue weighted by Gasteiger charge is -2.28. The first-order valence-corrected chi connectivity index (χ1v) is 10.5. The lowest BCUT2D eigenvalue weighted by atomic mass is 9.77. The van der Waals surface area contributed by atoms with Crippen LogP contribution in [0, 0.1) is 5.92 Å². The Bertz CT molecular complexity index is 483. The minimum Gasteiger partial charge on any atom is -0.466 e. The summed E-state index contributed by atoms with van der Waals surface area (Å²) < 4.78 is 5.28. The Labute approximate surface area is 154 Å². The van der Waals surface area contributed by atoms with Crippen LogP contribution < -0.4 is 0 Å². The fourth-order valence-corrected chi connectivity index (χ4v) is 4.01. The van der Waals surface area contributed by atoms with Crippen LogP contribution in [0.5, 0.6) is 0 Å². The van der Waals surface area contributed by atoms with Crippen molar-refractivity contribution in [3.05, 3.63) is 35.4 Å². The van der Waals surface area contributed by atoms with Crippen LogP contribution in [-0.2, 0) is 16.0 Å². The number of ether oxygens (including phenoxy) is 1. The van der Waals surface area contributed by atoms with Crippen molar-refractivity contribution in [1.82, 2.24) is 0 Å². The molecule has 1 saturated carbocycles. The Morgan fingerprint density at radius 1 is 1.00 bits per heavy atom. The fraction of sp³-hybridized carbons (Fsp3) is 0.696. The predicted octanol–water partition coefficient (Wildman–Crippen LogP) is 6.43. The van der Waals surface area contributed by atoms with Crippen molar-refractivity contribution in [3.63, 3.8) is 0 Å². The second-order valence-corrected chi connectivity index (χ2v) is 7.68. The molecule has 1 aromatic rings. The van der Waals surface area contributed by atoms with Crippen molar-refractivity contribution in [2.45, 2.75) is 90.4 Å². The molecule has 0 bridgehead atoms. The second-order valence-electron chi connectivity index (χ2n) is 7.68. The largest absolute Gasteiger partial charge is 0.466 e. The van der Waals surface area contributed by atoms with Gasteiger partial charge in [-0.25, -0.2) is 0 Å². The molecule has 1 aliphatic carbocycles. The van der Waals surface area contributed by atoms with Gasteiger partial charge in [-0.1, -0.05) is 63.8 Å². The summed E-state index contributed by atoms with van der Waals surface area (Å²) in [4.78, 5) is 11.8. The maximum absolute atomic E-state index is 11.8. The number of rotatable bonds is 10. The first-order valence-electron chi connectivity index (χ1n) is 10.5. The number of benzene rings is 1. The summed E-state index contributed by atoms with van der Waals surface area (Å²) in [7, 11) is 0. The Kier molecular flexibility index (Phi) is 9.07. The third-order valence-corrected chi connectivity index (χ3v) is 5.62. The highest BCUT2D eigenvalue weighted by Crippen LogP contribution is 2.37. The zero-order chi connectivity index (χ0) is 17.9. The topological polar surface area (TPSA) is 26.3 Å². The third kappa shape index (κ3) is 7.22. The van der Waals surface area contributed by atoms with E-state index in [0.29, 0.717) is 13.0 Å². The SMILES string of the molecule is CCCCCOC(=O)CCc1ccc(C2CCC(CCC)CC2)cc1. The molecule has 1 fully saturated rings. The Morgan fingerprint density at radius 2 is 1.72 bits per heavy atom. The molecule has 2 heteroatoms. The van der Waals surface area contributed by atoms with Crippen LogP contribution in [0.4, 0.5) is 0 Å². The van der Waals surface area contributed by atoms with Crippen molar-refractivity contribution in [2.75, 3.05) is 6.61 Å². The third-order valence-electron chi connectivity index (χ3n) is 5.62. The summed E-state index contributed by atoms with van der Waals surface area (Å²) in [5.74, 6) is 1.64. The van der Waals surface area contributed by atoms with Crippen molar-refractivity contribution in [2.24, 2.45) is 5.92 Å². The number of esters is 1. The zero-order valence-electron chi connectivity index (χ0n) is 16.3. The van der Waals surface area contributed by atoms with Crippen molar-refractivity contribution in [1.29, 1.82) is 0 Å². The van der Waals surface area contributed by atoms with E-state index >= 15 is 0 Å². The van der Waals surface area contributed by atoms with Gasteiger partial charge in [0.25, 0.3) is 0 Å². The summed E-state index contributed by atoms with van der Waals surface area (Å²) in [6, 6.07) is 8.98. The van der Waals surface area contributed by atoms with Gasteiger partial charge in [-0.05, 0) is 61.5 Å². The van der Waals surface area contributed by atoms with Crippen molar-refractivity contribution in [3.8, 4) is 0 Å². The van der Waals surface area contributed by atoms with Gasteiger partial charge in [0.15, 0.2) is 0 Å². The summed E-state index contributed by atoms with van der Waals surface area (Å²) in [6.07, 6.45) is 12.8. The van der Waals surface area contributed by atoms with Gasteiger partial charge in [0.05, 0.1) is 6.61 Å². The van der Waals surface area contributed by atoms with Crippen LogP contribution in [0.3, 0.4) is 0 Å². The molecular weight excluding hydrogens is 308 g/mol. The number of carbonyl (C=O) groups is 1. The van der Waals surface area contributed by atoms with E-state index in [2.05, 4.69) is 38.1 Å². The van der Waals surface area contributed by atoms with Gasteiger partial charge in [-0.2, -0.15) is 0 Å². The van der Waals surface area contributed by atoms with Gasteiger partial charge < -0.3 is 4.74 Å². The van der Waals surface area contributed by atoms with Gasteiger partial charge in [-0.15, -0.1) is 0 Å². The van der Waals surface area contributed by atoms with Gasteiger partial charge in [0.1, 0.15) is 0 Å². The van der Waals surface area contributed by atoms with E-state index in [9.17, 15) is 4.79 Å². The van der Waals surface area contributed by atoms with E-state index in [1.54, 1.807) is 0 Å². The molecule has 0 saturated heterocycles. The molecule has 140 valence electrons. The molecule has 1 aliphatic rings. The van der Waals surface area contributed by atoms with E-state index in [0.717, 1.165) is 37.5 Å². The second kappa shape index (κ2) is 11.3. The minimum atomic E-state index is -0.0607. The minimum absolute atomic E-state index is 0.0607. The predicted molar refractivity (Wildman–Crippen MR) is 105 cm³/mol. The summed E-state index contributed by atoms with van der Waals surface area (Å²) >= 11 is 0. The average Bonchev–Trinajstić information content (AvgIpc) is 2.65. The van der Waals surface area contributed by atoms with Gasteiger partial charge in [-0.3, -0.25) is 4.79 Å². The number of hydrogen-bond donors (Lipinski definition) is 0. The van der Waals surface area contributed by atoms with E-state index in [1.165, 1.54) is 49.7 Å². The van der Waals surface area contributed by atoms with Crippen molar-refractivity contribution < 1.29 is 9.53 Å². The summed E-state index contributed by atoms with van der Waals surface area (Å²) in [5, 5.41) is 0. The summed E-state index contributed by atoms with van der Waals surface area (Å²) in [5.41, 5.74) is 2.73.